The number of carbonyl (C=O) groups excluding carboxylic acids is 1. The van der Waals surface area contributed by atoms with E-state index in [4.69, 9.17) is 16.3 Å². The molecule has 0 saturated carbocycles. The lowest BCUT2D eigenvalue weighted by Gasteiger charge is -2.20. The highest BCUT2D eigenvalue weighted by Crippen LogP contribution is 2.34. The lowest BCUT2D eigenvalue weighted by atomic mass is 10.2. The van der Waals surface area contributed by atoms with Gasteiger partial charge in [-0.3, -0.25) is 0 Å². The molecule has 0 spiro atoms. The van der Waals surface area contributed by atoms with Crippen molar-refractivity contribution < 1.29 is 9.53 Å². The minimum atomic E-state index is -0.467. The van der Waals surface area contributed by atoms with E-state index in [2.05, 4.69) is 15.2 Å². The van der Waals surface area contributed by atoms with Gasteiger partial charge in [0, 0.05) is 25.0 Å². The van der Waals surface area contributed by atoms with Crippen molar-refractivity contribution in [2.75, 3.05) is 24.5 Å². The normalized spacial score (nSPS) is 14.4. The van der Waals surface area contributed by atoms with Crippen molar-refractivity contribution in [3.63, 3.8) is 0 Å². The van der Waals surface area contributed by atoms with Gasteiger partial charge in [0.1, 0.15) is 0 Å². The summed E-state index contributed by atoms with van der Waals surface area (Å²) in [5.74, 6) is 1.16. The van der Waals surface area contributed by atoms with E-state index in [0.717, 1.165) is 36.8 Å². The third-order valence-electron chi connectivity index (χ3n) is 3.67. The molecule has 2 aromatic rings. The summed E-state index contributed by atoms with van der Waals surface area (Å²) in [7, 11) is 0. The summed E-state index contributed by atoms with van der Waals surface area (Å²) in [5, 5.41) is 4.09. The monoisotopic (exact) mass is 319 g/mol. The molecule has 1 aliphatic heterocycles. The SMILES string of the molecule is CCNC(=O)Oc1cc2cccc(Cl)c2nc1N1CCCC1. The first kappa shape index (κ1) is 14.9. The molecule has 1 N–H and O–H groups in total. The number of carbonyl (C=O) groups is 1. The first-order valence-corrected chi connectivity index (χ1v) is 7.86. The summed E-state index contributed by atoms with van der Waals surface area (Å²) >= 11 is 6.24. The Morgan fingerprint density at radius 1 is 1.41 bits per heavy atom. The molecular formula is C16H18ClN3O2. The molecule has 1 aliphatic rings. The van der Waals surface area contributed by atoms with Crippen LogP contribution >= 0.6 is 11.6 Å². The predicted molar refractivity (Wildman–Crippen MR) is 87.9 cm³/mol. The number of anilines is 1. The number of nitrogens with zero attached hydrogens (tertiary/aromatic N) is 2. The number of rotatable bonds is 3. The van der Waals surface area contributed by atoms with Crippen LogP contribution in [0.2, 0.25) is 5.02 Å². The van der Waals surface area contributed by atoms with Crippen molar-refractivity contribution in [3.05, 3.63) is 29.3 Å². The lowest BCUT2D eigenvalue weighted by Crippen LogP contribution is -2.28. The quantitative estimate of drug-likeness (QED) is 0.939. The standard InChI is InChI=1S/C16H18ClN3O2/c1-2-18-16(21)22-13-10-11-6-5-7-12(17)14(11)19-15(13)20-8-3-4-9-20/h5-7,10H,2-4,8-9H2,1H3,(H,18,21). The third-order valence-corrected chi connectivity index (χ3v) is 3.98. The zero-order valence-electron chi connectivity index (χ0n) is 12.4. The van der Waals surface area contributed by atoms with E-state index >= 15 is 0 Å². The van der Waals surface area contributed by atoms with Crippen molar-refractivity contribution in [3.8, 4) is 5.75 Å². The molecule has 1 fully saturated rings. The minimum absolute atomic E-state index is 0.467. The van der Waals surface area contributed by atoms with E-state index in [-0.39, 0.29) is 0 Å². The summed E-state index contributed by atoms with van der Waals surface area (Å²) < 4.78 is 5.45. The maximum Gasteiger partial charge on any atom is 0.412 e. The van der Waals surface area contributed by atoms with Crippen molar-refractivity contribution in [2.45, 2.75) is 19.8 Å². The molecule has 1 aromatic carbocycles. The number of fused-ring (bicyclic) bond motifs is 1. The Balaban J connectivity index is 2.06. The number of amides is 1. The summed E-state index contributed by atoms with van der Waals surface area (Å²) in [5.41, 5.74) is 0.731. The number of ether oxygens (including phenoxy) is 1. The highest BCUT2D eigenvalue weighted by Gasteiger charge is 2.21. The van der Waals surface area contributed by atoms with Crippen LogP contribution in [-0.4, -0.2) is 30.7 Å². The number of hydrogen-bond donors (Lipinski definition) is 1. The number of halogens is 1. The van der Waals surface area contributed by atoms with Gasteiger partial charge < -0.3 is 15.0 Å². The first-order valence-electron chi connectivity index (χ1n) is 7.49. The number of pyridine rings is 1. The fourth-order valence-electron chi connectivity index (χ4n) is 2.64. The van der Waals surface area contributed by atoms with Crippen molar-refractivity contribution in [1.29, 1.82) is 0 Å². The molecule has 116 valence electrons. The first-order chi connectivity index (χ1) is 10.7. The van der Waals surface area contributed by atoms with Crippen LogP contribution in [0.25, 0.3) is 10.9 Å². The van der Waals surface area contributed by atoms with E-state index in [1.165, 1.54) is 0 Å². The fourth-order valence-corrected chi connectivity index (χ4v) is 2.87. The molecule has 2 heterocycles. The summed E-state index contributed by atoms with van der Waals surface area (Å²) in [6, 6.07) is 7.41. The molecule has 0 unspecified atom stereocenters. The summed E-state index contributed by atoms with van der Waals surface area (Å²) in [6.07, 6.45) is 1.76. The van der Waals surface area contributed by atoms with E-state index in [1.807, 2.05) is 31.2 Å². The van der Waals surface area contributed by atoms with Gasteiger partial charge in [-0.25, -0.2) is 9.78 Å². The summed E-state index contributed by atoms with van der Waals surface area (Å²) in [6.45, 7) is 4.19. The Morgan fingerprint density at radius 2 is 2.18 bits per heavy atom. The molecule has 1 saturated heterocycles. The van der Waals surface area contributed by atoms with Crippen LogP contribution in [-0.2, 0) is 0 Å². The van der Waals surface area contributed by atoms with Crippen molar-refractivity contribution in [2.24, 2.45) is 0 Å². The van der Waals surface area contributed by atoms with Crippen molar-refractivity contribution in [1.82, 2.24) is 10.3 Å². The Labute approximate surface area is 134 Å². The Hall–Kier alpha value is -2.01. The molecule has 22 heavy (non-hydrogen) atoms. The van der Waals surface area contributed by atoms with E-state index in [1.54, 1.807) is 0 Å². The van der Waals surface area contributed by atoms with E-state index < -0.39 is 6.09 Å². The number of aromatic nitrogens is 1. The highest BCUT2D eigenvalue weighted by molar-refractivity contribution is 6.35. The average molecular weight is 320 g/mol. The molecule has 0 aliphatic carbocycles. The number of hydrogen-bond acceptors (Lipinski definition) is 4. The van der Waals surface area contributed by atoms with Gasteiger partial charge in [0.25, 0.3) is 0 Å². The zero-order valence-corrected chi connectivity index (χ0v) is 13.2. The van der Waals surface area contributed by atoms with Crippen LogP contribution in [0.1, 0.15) is 19.8 Å². The van der Waals surface area contributed by atoms with E-state index in [0.29, 0.717) is 23.1 Å². The lowest BCUT2D eigenvalue weighted by molar-refractivity contribution is 0.201. The highest BCUT2D eigenvalue weighted by atomic mass is 35.5. The number of benzene rings is 1. The van der Waals surface area contributed by atoms with Gasteiger partial charge in [0.15, 0.2) is 11.6 Å². The molecule has 0 radical (unpaired) electrons. The van der Waals surface area contributed by atoms with Crippen LogP contribution in [0.5, 0.6) is 5.75 Å². The topological polar surface area (TPSA) is 54.5 Å². The van der Waals surface area contributed by atoms with Crippen LogP contribution in [0.3, 0.4) is 0 Å². The van der Waals surface area contributed by atoms with Crippen LogP contribution < -0.4 is 15.0 Å². The maximum atomic E-state index is 11.8. The van der Waals surface area contributed by atoms with Crippen LogP contribution in [0.4, 0.5) is 10.6 Å². The molecule has 0 bridgehead atoms. The molecule has 3 rings (SSSR count). The zero-order chi connectivity index (χ0) is 15.5. The molecule has 5 nitrogen and oxygen atoms in total. The number of para-hydroxylation sites is 1. The Kier molecular flexibility index (Phi) is 4.34. The Bertz CT molecular complexity index is 699. The Morgan fingerprint density at radius 3 is 2.91 bits per heavy atom. The van der Waals surface area contributed by atoms with Gasteiger partial charge >= 0.3 is 6.09 Å². The van der Waals surface area contributed by atoms with Crippen LogP contribution in [0.15, 0.2) is 24.3 Å². The van der Waals surface area contributed by atoms with Gasteiger partial charge in [-0.1, -0.05) is 23.7 Å². The largest absolute Gasteiger partial charge is 0.412 e. The molecular weight excluding hydrogens is 302 g/mol. The van der Waals surface area contributed by atoms with Gasteiger partial charge in [-0.2, -0.15) is 0 Å². The van der Waals surface area contributed by atoms with Gasteiger partial charge in [-0.05, 0) is 31.9 Å². The smallest absolute Gasteiger partial charge is 0.406 e. The van der Waals surface area contributed by atoms with Gasteiger partial charge in [-0.15, -0.1) is 0 Å². The number of nitrogens with one attached hydrogen (secondary N) is 1. The third kappa shape index (κ3) is 2.95. The predicted octanol–water partition coefficient (Wildman–Crippen LogP) is 3.60. The average Bonchev–Trinajstić information content (AvgIpc) is 3.01. The minimum Gasteiger partial charge on any atom is -0.406 e. The second kappa shape index (κ2) is 6.40. The van der Waals surface area contributed by atoms with Gasteiger partial charge in [0.05, 0.1) is 10.5 Å². The van der Waals surface area contributed by atoms with Crippen LogP contribution in [0, 0.1) is 0 Å². The molecule has 6 heteroatoms. The molecule has 0 atom stereocenters. The van der Waals surface area contributed by atoms with Gasteiger partial charge in [0.2, 0.25) is 0 Å². The van der Waals surface area contributed by atoms with E-state index in [9.17, 15) is 4.79 Å². The fraction of sp³-hybridized carbons (Fsp3) is 0.375. The maximum absolute atomic E-state index is 11.8. The summed E-state index contributed by atoms with van der Waals surface area (Å²) in [4.78, 5) is 18.6. The molecule has 1 aromatic heterocycles. The molecule has 1 amide bonds. The second-order valence-corrected chi connectivity index (χ2v) is 5.64. The van der Waals surface area contributed by atoms with Crippen molar-refractivity contribution >= 4 is 34.4 Å². The second-order valence-electron chi connectivity index (χ2n) is 5.24.